The topological polar surface area (TPSA) is 55.2 Å². The zero-order valence-corrected chi connectivity index (χ0v) is 21.2. The lowest BCUT2D eigenvalue weighted by atomic mass is 10.0. The van der Waals surface area contributed by atoms with Gasteiger partial charge in [-0.05, 0) is 85.0 Å². The molecule has 0 radical (unpaired) electrons. The minimum Gasteiger partial charge on any atom is -0.457 e. The molecule has 0 amide bonds. The molecule has 182 valence electrons. The number of anilines is 1. The summed E-state index contributed by atoms with van der Waals surface area (Å²) in [5.41, 5.74) is 2.86. The van der Waals surface area contributed by atoms with Crippen molar-refractivity contribution in [2.45, 2.75) is 12.1 Å². The lowest BCUT2D eigenvalue weighted by molar-refractivity contribution is 0.482. The molecule has 0 spiro atoms. The molecule has 6 nitrogen and oxygen atoms in total. The maximum Gasteiger partial charge on any atom is 0.174 e. The third-order valence-electron chi connectivity index (χ3n) is 6.23. The Morgan fingerprint density at radius 2 is 1.59 bits per heavy atom. The second-order valence-electron chi connectivity index (χ2n) is 8.54. The third-order valence-corrected chi connectivity index (χ3v) is 6.77. The van der Waals surface area contributed by atoms with Gasteiger partial charge in [-0.3, -0.25) is 4.98 Å². The Balaban J connectivity index is 1.40. The van der Waals surface area contributed by atoms with Crippen LogP contribution in [-0.2, 0) is 0 Å². The molecule has 1 aliphatic heterocycles. The summed E-state index contributed by atoms with van der Waals surface area (Å²) in [6.45, 7) is 0. The molecule has 8 heteroatoms. The summed E-state index contributed by atoms with van der Waals surface area (Å²) in [5.74, 6) is 2.31. The quantitative estimate of drug-likeness (QED) is 0.245. The number of aromatic nitrogens is 3. The van der Waals surface area contributed by atoms with Crippen molar-refractivity contribution in [1.29, 1.82) is 0 Å². The smallest absolute Gasteiger partial charge is 0.174 e. The Hall–Kier alpha value is -4.20. The SMILES string of the molecule is S=C1N[C@@H](c2ccccn2)[C@@H](c2cccn2-c2ccc(Cl)cn2)N1c1ccc(Oc2ccccc2)cc1. The molecule has 37 heavy (non-hydrogen) atoms. The van der Waals surface area contributed by atoms with E-state index in [1.807, 2.05) is 97.2 Å². The van der Waals surface area contributed by atoms with E-state index in [9.17, 15) is 0 Å². The van der Waals surface area contributed by atoms with Gasteiger partial charge in [0.1, 0.15) is 23.4 Å². The minimum atomic E-state index is -0.184. The van der Waals surface area contributed by atoms with Gasteiger partial charge in [-0.2, -0.15) is 0 Å². The molecule has 5 aromatic rings. The number of nitrogens with zero attached hydrogens (tertiary/aromatic N) is 4. The molecule has 0 saturated carbocycles. The van der Waals surface area contributed by atoms with Crippen molar-refractivity contribution in [2.24, 2.45) is 0 Å². The van der Waals surface area contributed by atoms with Gasteiger partial charge >= 0.3 is 0 Å². The van der Waals surface area contributed by atoms with Crippen molar-refractivity contribution >= 4 is 34.6 Å². The van der Waals surface area contributed by atoms with Gasteiger partial charge < -0.3 is 19.5 Å². The number of thiocarbonyl (C=S) groups is 1. The largest absolute Gasteiger partial charge is 0.457 e. The normalized spacial score (nSPS) is 17.0. The van der Waals surface area contributed by atoms with Gasteiger partial charge in [-0.1, -0.05) is 35.9 Å². The molecule has 1 aliphatic rings. The van der Waals surface area contributed by atoms with Crippen LogP contribution in [-0.4, -0.2) is 19.6 Å². The first-order valence-electron chi connectivity index (χ1n) is 11.8. The van der Waals surface area contributed by atoms with Gasteiger partial charge in [0.05, 0.1) is 16.8 Å². The predicted octanol–water partition coefficient (Wildman–Crippen LogP) is 6.89. The van der Waals surface area contributed by atoms with Crippen LogP contribution in [0.5, 0.6) is 11.5 Å². The van der Waals surface area contributed by atoms with Gasteiger partial charge in [0, 0.05) is 30.0 Å². The van der Waals surface area contributed by atoms with Gasteiger partial charge in [0.25, 0.3) is 0 Å². The van der Waals surface area contributed by atoms with E-state index < -0.39 is 0 Å². The predicted molar refractivity (Wildman–Crippen MR) is 149 cm³/mol. The van der Waals surface area contributed by atoms with Crippen LogP contribution in [0.2, 0.25) is 5.02 Å². The zero-order chi connectivity index (χ0) is 25.2. The fraction of sp³-hybridized carbons (Fsp3) is 0.0690. The number of ether oxygens (including phenoxy) is 1. The summed E-state index contributed by atoms with van der Waals surface area (Å²) in [5, 5.41) is 4.72. The van der Waals surface area contributed by atoms with Gasteiger partial charge in [-0.25, -0.2) is 4.98 Å². The molecule has 0 aliphatic carbocycles. The number of hydrogen-bond donors (Lipinski definition) is 1. The Kier molecular flexibility index (Phi) is 6.30. The average molecular weight is 524 g/mol. The second-order valence-corrected chi connectivity index (χ2v) is 9.37. The van der Waals surface area contributed by atoms with Gasteiger partial charge in [0.15, 0.2) is 5.11 Å². The minimum absolute atomic E-state index is 0.171. The monoisotopic (exact) mass is 523 g/mol. The Labute approximate surface area is 225 Å². The molecular formula is C29H22ClN5OS. The molecule has 1 fully saturated rings. The van der Waals surface area contributed by atoms with Gasteiger partial charge in [0.2, 0.25) is 0 Å². The van der Waals surface area contributed by atoms with Crippen LogP contribution in [0.15, 0.2) is 116 Å². The molecule has 0 bridgehead atoms. The van der Waals surface area contributed by atoms with Crippen molar-refractivity contribution in [3.63, 3.8) is 0 Å². The summed E-state index contributed by atoms with van der Waals surface area (Å²) >= 11 is 12.0. The lowest BCUT2D eigenvalue weighted by Crippen LogP contribution is -2.30. The molecule has 2 aromatic carbocycles. The van der Waals surface area contributed by atoms with Crippen LogP contribution in [0.1, 0.15) is 23.5 Å². The standard InChI is InChI=1S/C29H22ClN5OS/c30-20-11-16-26(32-19-20)34-18-6-10-25(34)28-27(24-9-4-5-17-31-24)33-29(37)35(28)21-12-14-23(15-13-21)36-22-7-2-1-3-8-22/h1-19,27-28H,(H,33,37)/t27-,28+/m0/s1. The number of halogens is 1. The van der Waals surface area contributed by atoms with E-state index in [2.05, 4.69) is 30.8 Å². The molecule has 4 heterocycles. The lowest BCUT2D eigenvalue weighted by Gasteiger charge is -2.29. The summed E-state index contributed by atoms with van der Waals surface area (Å²) < 4.78 is 8.06. The van der Waals surface area contributed by atoms with Crippen molar-refractivity contribution in [3.8, 4) is 17.3 Å². The van der Waals surface area contributed by atoms with Crippen LogP contribution in [0.3, 0.4) is 0 Å². The van der Waals surface area contributed by atoms with E-state index in [0.29, 0.717) is 10.1 Å². The molecular weight excluding hydrogens is 502 g/mol. The number of pyridine rings is 2. The van der Waals surface area contributed by atoms with E-state index in [0.717, 1.165) is 34.4 Å². The highest BCUT2D eigenvalue weighted by Gasteiger charge is 2.42. The van der Waals surface area contributed by atoms with E-state index in [1.165, 1.54) is 0 Å². The van der Waals surface area contributed by atoms with Crippen LogP contribution >= 0.6 is 23.8 Å². The first-order valence-corrected chi connectivity index (χ1v) is 12.6. The summed E-state index contributed by atoms with van der Waals surface area (Å²) in [6.07, 6.45) is 5.45. The van der Waals surface area contributed by atoms with Crippen LogP contribution in [0.4, 0.5) is 5.69 Å². The zero-order valence-electron chi connectivity index (χ0n) is 19.6. The molecule has 1 saturated heterocycles. The highest BCUT2D eigenvalue weighted by molar-refractivity contribution is 7.80. The average Bonchev–Trinajstić information content (AvgIpc) is 3.55. The van der Waals surface area contributed by atoms with E-state index in [4.69, 9.17) is 28.6 Å². The second kappa shape index (κ2) is 10.0. The molecule has 1 N–H and O–H groups in total. The highest BCUT2D eigenvalue weighted by Crippen LogP contribution is 2.42. The number of hydrogen-bond acceptors (Lipinski definition) is 4. The van der Waals surface area contributed by atoms with E-state index in [-0.39, 0.29) is 12.1 Å². The number of rotatable bonds is 6. The number of para-hydroxylation sites is 1. The summed E-state index contributed by atoms with van der Waals surface area (Å²) in [4.78, 5) is 11.3. The fourth-order valence-electron chi connectivity index (χ4n) is 4.59. The third kappa shape index (κ3) is 4.67. The Morgan fingerprint density at radius 3 is 2.32 bits per heavy atom. The van der Waals surface area contributed by atoms with Crippen molar-refractivity contribution in [1.82, 2.24) is 19.9 Å². The summed E-state index contributed by atoms with van der Waals surface area (Å²) in [6, 6.07) is 31.1. The first kappa shape index (κ1) is 23.2. The van der Waals surface area contributed by atoms with Crippen LogP contribution in [0, 0.1) is 0 Å². The Bertz CT molecular complexity index is 1510. The number of benzene rings is 2. The maximum absolute atomic E-state index is 6.10. The van der Waals surface area contributed by atoms with Gasteiger partial charge in [-0.15, -0.1) is 0 Å². The van der Waals surface area contributed by atoms with Crippen molar-refractivity contribution < 1.29 is 4.74 Å². The first-order chi connectivity index (χ1) is 18.2. The van der Waals surface area contributed by atoms with Crippen molar-refractivity contribution in [2.75, 3.05) is 4.90 Å². The molecule has 6 rings (SSSR count). The van der Waals surface area contributed by atoms with Crippen molar-refractivity contribution in [3.05, 3.63) is 132 Å². The Morgan fingerprint density at radius 1 is 0.811 bits per heavy atom. The fourth-order valence-corrected chi connectivity index (χ4v) is 5.04. The van der Waals surface area contributed by atoms with Crippen LogP contribution < -0.4 is 15.0 Å². The van der Waals surface area contributed by atoms with E-state index >= 15 is 0 Å². The molecule has 2 atom stereocenters. The summed E-state index contributed by atoms with van der Waals surface area (Å²) in [7, 11) is 0. The maximum atomic E-state index is 6.10. The van der Waals surface area contributed by atoms with Crippen LogP contribution in [0.25, 0.3) is 5.82 Å². The van der Waals surface area contributed by atoms with E-state index in [1.54, 1.807) is 12.4 Å². The highest BCUT2D eigenvalue weighted by atomic mass is 35.5. The molecule has 3 aromatic heterocycles. The molecule has 0 unspecified atom stereocenters. The number of nitrogens with one attached hydrogen (secondary N) is 1.